The number of rotatable bonds is 0. The van der Waals surface area contributed by atoms with E-state index in [1.54, 1.807) is 0 Å². The molecule has 0 radical (unpaired) electrons. The first-order chi connectivity index (χ1) is 13.9. The third-order valence-corrected chi connectivity index (χ3v) is 6.75. The van der Waals surface area contributed by atoms with Crippen molar-refractivity contribution < 1.29 is 0 Å². The second-order valence-electron chi connectivity index (χ2n) is 8.08. The van der Waals surface area contributed by atoms with Crippen LogP contribution >= 0.6 is 0 Å². The van der Waals surface area contributed by atoms with E-state index < -0.39 is 0 Å². The summed E-state index contributed by atoms with van der Waals surface area (Å²) in [4.78, 5) is 0. The van der Waals surface area contributed by atoms with Gasteiger partial charge in [-0.2, -0.15) is 0 Å². The molecule has 2 aliphatic carbocycles. The Balaban J connectivity index is 1.68. The molecule has 0 N–H and O–H groups in total. The number of hydrogen-bond donors (Lipinski definition) is 0. The van der Waals surface area contributed by atoms with Crippen molar-refractivity contribution in [2.45, 2.75) is 12.8 Å². The molecule has 5 aromatic rings. The average molecular weight is 354 g/mol. The molecule has 0 fully saturated rings. The van der Waals surface area contributed by atoms with E-state index in [1.165, 1.54) is 66.1 Å². The van der Waals surface area contributed by atoms with Crippen molar-refractivity contribution in [3.63, 3.8) is 0 Å². The summed E-state index contributed by atoms with van der Waals surface area (Å²) in [5, 5.41) is 5.62. The van der Waals surface area contributed by atoms with Gasteiger partial charge in [0.2, 0.25) is 0 Å². The minimum Gasteiger partial charge on any atom is -0.0619 e. The molecule has 7 rings (SSSR count). The lowest BCUT2D eigenvalue weighted by Crippen LogP contribution is -1.92. The van der Waals surface area contributed by atoms with E-state index in [9.17, 15) is 0 Å². The van der Waals surface area contributed by atoms with Crippen LogP contribution in [0.1, 0.15) is 22.3 Å². The van der Waals surface area contributed by atoms with Crippen LogP contribution in [0.4, 0.5) is 0 Å². The zero-order valence-electron chi connectivity index (χ0n) is 15.5. The molecule has 28 heavy (non-hydrogen) atoms. The van der Waals surface area contributed by atoms with Crippen molar-refractivity contribution >= 4 is 21.5 Å². The Bertz CT molecular complexity index is 1450. The molecule has 5 aromatic carbocycles. The van der Waals surface area contributed by atoms with Crippen LogP contribution in [0.5, 0.6) is 0 Å². The van der Waals surface area contributed by atoms with Crippen LogP contribution in [0.2, 0.25) is 0 Å². The van der Waals surface area contributed by atoms with Crippen molar-refractivity contribution in [1.29, 1.82) is 0 Å². The van der Waals surface area contributed by atoms with Crippen LogP contribution in [0, 0.1) is 0 Å². The predicted octanol–water partition coefficient (Wildman–Crippen LogP) is 7.14. The molecule has 0 amide bonds. The van der Waals surface area contributed by atoms with Gasteiger partial charge in [0.1, 0.15) is 0 Å². The minimum absolute atomic E-state index is 1.03. The van der Waals surface area contributed by atoms with Gasteiger partial charge in [0, 0.05) is 0 Å². The molecular weight excluding hydrogens is 336 g/mol. The summed E-state index contributed by atoms with van der Waals surface area (Å²) in [5.41, 5.74) is 11.8. The Morgan fingerprint density at radius 3 is 1.93 bits per heavy atom. The fourth-order valence-electron chi connectivity index (χ4n) is 5.59. The van der Waals surface area contributed by atoms with Crippen LogP contribution < -0.4 is 0 Å². The quantitative estimate of drug-likeness (QED) is 0.272. The molecule has 0 unspecified atom stereocenters. The lowest BCUT2D eigenvalue weighted by Gasteiger charge is -2.15. The molecule has 130 valence electrons. The Hall–Kier alpha value is -3.38. The molecule has 0 heteroatoms. The van der Waals surface area contributed by atoms with E-state index in [2.05, 4.69) is 84.9 Å². The molecule has 0 atom stereocenters. The van der Waals surface area contributed by atoms with E-state index in [-0.39, 0.29) is 0 Å². The summed E-state index contributed by atoms with van der Waals surface area (Å²) in [6.07, 6.45) is 2.07. The highest BCUT2D eigenvalue weighted by molar-refractivity contribution is 6.10. The smallest absolute Gasteiger partial charge is 0.0000885 e. The summed E-state index contributed by atoms with van der Waals surface area (Å²) < 4.78 is 0. The van der Waals surface area contributed by atoms with Gasteiger partial charge in [-0.05, 0) is 78.9 Å². The highest BCUT2D eigenvalue weighted by Crippen LogP contribution is 2.53. The fraction of sp³-hybridized carbons (Fsp3) is 0.0714. The van der Waals surface area contributed by atoms with Crippen molar-refractivity contribution in [2.75, 3.05) is 0 Å². The zero-order valence-corrected chi connectivity index (χ0v) is 15.5. The maximum Gasteiger partial charge on any atom is -0.0000885 e. The van der Waals surface area contributed by atoms with Gasteiger partial charge in [-0.15, -0.1) is 0 Å². The van der Waals surface area contributed by atoms with Gasteiger partial charge in [-0.3, -0.25) is 0 Å². The molecule has 0 aromatic heterocycles. The maximum atomic E-state index is 2.36. The first-order valence-electron chi connectivity index (χ1n) is 10.1. The third kappa shape index (κ3) is 1.71. The SMILES string of the molecule is c1ccc2c(c1)Cc1c-2c2c(c3ccccc13)Cc1c-2ccc2ccccc12. The van der Waals surface area contributed by atoms with E-state index in [1.807, 2.05) is 0 Å². The molecule has 2 aliphatic rings. The van der Waals surface area contributed by atoms with Crippen molar-refractivity contribution in [1.82, 2.24) is 0 Å². The minimum atomic E-state index is 1.03. The second kappa shape index (κ2) is 5.11. The Morgan fingerprint density at radius 1 is 0.429 bits per heavy atom. The van der Waals surface area contributed by atoms with Crippen molar-refractivity contribution in [3.8, 4) is 22.3 Å². The van der Waals surface area contributed by atoms with Crippen LogP contribution in [0.3, 0.4) is 0 Å². The van der Waals surface area contributed by atoms with Gasteiger partial charge < -0.3 is 0 Å². The first-order valence-corrected chi connectivity index (χ1v) is 10.1. The standard InChI is InChI=1S/C28H18/c1-3-9-19-17(7-1)13-14-23-24(19)16-26-22-12-6-5-11-21(22)25-15-18-8-2-4-10-20(18)27(25)28(23)26/h1-14H,15-16H2. The highest BCUT2D eigenvalue weighted by Gasteiger charge is 2.32. The van der Waals surface area contributed by atoms with Crippen LogP contribution in [-0.4, -0.2) is 0 Å². The Kier molecular flexibility index (Phi) is 2.67. The summed E-state index contributed by atoms with van der Waals surface area (Å²) in [6.45, 7) is 0. The summed E-state index contributed by atoms with van der Waals surface area (Å²) in [7, 11) is 0. The monoisotopic (exact) mass is 354 g/mol. The van der Waals surface area contributed by atoms with Crippen molar-refractivity contribution in [2.24, 2.45) is 0 Å². The third-order valence-electron chi connectivity index (χ3n) is 6.75. The molecule has 0 bridgehead atoms. The summed E-state index contributed by atoms with van der Waals surface area (Å²) in [6, 6.07) is 31.5. The Labute approximate surface area is 164 Å². The normalized spacial score (nSPS) is 13.4. The van der Waals surface area contributed by atoms with Gasteiger partial charge in [0.15, 0.2) is 0 Å². The molecule has 0 nitrogen and oxygen atoms in total. The molecular formula is C28H18. The first kappa shape index (κ1) is 14.6. The van der Waals surface area contributed by atoms with Crippen molar-refractivity contribution in [3.05, 3.63) is 107 Å². The second-order valence-corrected chi connectivity index (χ2v) is 8.08. The van der Waals surface area contributed by atoms with Gasteiger partial charge >= 0.3 is 0 Å². The van der Waals surface area contributed by atoms with Gasteiger partial charge in [-0.25, -0.2) is 0 Å². The van der Waals surface area contributed by atoms with E-state index in [0.29, 0.717) is 0 Å². The number of hydrogen-bond acceptors (Lipinski definition) is 0. The molecule has 0 spiro atoms. The van der Waals surface area contributed by atoms with Crippen LogP contribution in [-0.2, 0) is 12.8 Å². The topological polar surface area (TPSA) is 0 Å². The summed E-state index contributed by atoms with van der Waals surface area (Å²) in [5.74, 6) is 0. The predicted molar refractivity (Wildman–Crippen MR) is 118 cm³/mol. The highest BCUT2D eigenvalue weighted by atomic mass is 14.3. The van der Waals surface area contributed by atoms with E-state index >= 15 is 0 Å². The van der Waals surface area contributed by atoms with Gasteiger partial charge in [-0.1, -0.05) is 84.9 Å². The fourth-order valence-corrected chi connectivity index (χ4v) is 5.59. The Morgan fingerprint density at radius 2 is 1.07 bits per heavy atom. The van der Waals surface area contributed by atoms with E-state index in [0.717, 1.165) is 12.8 Å². The molecule has 0 aliphatic heterocycles. The number of fused-ring (bicyclic) bond motifs is 12. The summed E-state index contributed by atoms with van der Waals surface area (Å²) >= 11 is 0. The lowest BCUT2D eigenvalue weighted by molar-refractivity contribution is 1.27. The van der Waals surface area contributed by atoms with E-state index in [4.69, 9.17) is 0 Å². The molecule has 0 saturated carbocycles. The average Bonchev–Trinajstić information content (AvgIpc) is 3.33. The van der Waals surface area contributed by atoms with Crippen LogP contribution in [0.25, 0.3) is 43.8 Å². The van der Waals surface area contributed by atoms with Gasteiger partial charge in [0.25, 0.3) is 0 Å². The molecule has 0 saturated heterocycles. The van der Waals surface area contributed by atoms with Crippen LogP contribution in [0.15, 0.2) is 84.9 Å². The number of benzene rings is 5. The molecule has 0 heterocycles. The lowest BCUT2D eigenvalue weighted by atomic mass is 9.88. The largest absolute Gasteiger partial charge is 0.0619 e. The zero-order chi connectivity index (χ0) is 18.2. The maximum absolute atomic E-state index is 2.36. The van der Waals surface area contributed by atoms with Gasteiger partial charge in [0.05, 0.1) is 0 Å².